The molecule has 5 unspecified atom stereocenters. The molecule has 1 aromatic rings. The van der Waals surface area contributed by atoms with Crippen LogP contribution in [0.2, 0.25) is 0 Å². The van der Waals surface area contributed by atoms with E-state index < -0.39 is 0 Å². The second kappa shape index (κ2) is 5.35. The largest absolute Gasteiger partial charge is 0.0998 e. The number of allylic oxidation sites excluding steroid dienone is 2. The summed E-state index contributed by atoms with van der Waals surface area (Å²) < 4.78 is 0. The molecule has 3 aliphatic rings. The standard InChI is InChI=1S/C24H32/c1-14(2)22-20(13-21-23(22)24(21,5)6)16(4)15(3)19-11-17-9-7-8-10-18(17)12-19/h7-10,15,19-23H,1,4,11-13H2,2-3,5-6H3. The van der Waals surface area contributed by atoms with E-state index in [0.29, 0.717) is 23.2 Å². The molecule has 3 aliphatic carbocycles. The summed E-state index contributed by atoms with van der Waals surface area (Å²) in [6, 6.07) is 9.00. The smallest absolute Gasteiger partial charge is 0.0107 e. The fourth-order valence-corrected chi connectivity index (χ4v) is 6.24. The molecule has 0 N–H and O–H groups in total. The molecule has 0 amide bonds. The first-order valence-corrected chi connectivity index (χ1v) is 9.73. The second-order valence-electron chi connectivity index (χ2n) is 9.47. The summed E-state index contributed by atoms with van der Waals surface area (Å²) in [6.45, 7) is 18.6. The molecule has 0 heterocycles. The predicted molar refractivity (Wildman–Crippen MR) is 103 cm³/mol. The van der Waals surface area contributed by atoms with Crippen molar-refractivity contribution in [1.29, 1.82) is 0 Å². The zero-order valence-corrected chi connectivity index (χ0v) is 15.8. The van der Waals surface area contributed by atoms with Crippen molar-refractivity contribution in [3.8, 4) is 0 Å². The quantitative estimate of drug-likeness (QED) is 0.590. The Kier molecular flexibility index (Phi) is 3.61. The molecular formula is C24H32. The van der Waals surface area contributed by atoms with Gasteiger partial charge in [0.2, 0.25) is 0 Å². The SMILES string of the molecule is C=C(C(C)C1Cc2ccccc2C1)C1CC2C(C1C(=C)C)C2(C)C. The van der Waals surface area contributed by atoms with E-state index >= 15 is 0 Å². The Morgan fingerprint density at radius 3 is 2.25 bits per heavy atom. The first-order chi connectivity index (χ1) is 11.3. The molecule has 0 aromatic heterocycles. The fourth-order valence-electron chi connectivity index (χ4n) is 6.24. The lowest BCUT2D eigenvalue weighted by molar-refractivity contribution is 0.297. The Labute approximate surface area is 148 Å². The molecular weight excluding hydrogens is 288 g/mol. The molecule has 0 spiro atoms. The van der Waals surface area contributed by atoms with Gasteiger partial charge in [-0.2, -0.15) is 0 Å². The maximum atomic E-state index is 4.64. The lowest BCUT2D eigenvalue weighted by Crippen LogP contribution is -2.25. The molecule has 0 radical (unpaired) electrons. The van der Waals surface area contributed by atoms with Crippen molar-refractivity contribution in [3.63, 3.8) is 0 Å². The van der Waals surface area contributed by atoms with Crippen LogP contribution in [0.25, 0.3) is 0 Å². The van der Waals surface area contributed by atoms with Crippen LogP contribution in [-0.4, -0.2) is 0 Å². The van der Waals surface area contributed by atoms with Crippen molar-refractivity contribution in [3.05, 3.63) is 59.7 Å². The van der Waals surface area contributed by atoms with Crippen molar-refractivity contribution in [2.75, 3.05) is 0 Å². The molecule has 0 bridgehead atoms. The molecule has 24 heavy (non-hydrogen) atoms. The Morgan fingerprint density at radius 1 is 1.12 bits per heavy atom. The van der Waals surface area contributed by atoms with Gasteiger partial charge in [0.25, 0.3) is 0 Å². The van der Waals surface area contributed by atoms with E-state index in [1.807, 2.05) is 0 Å². The van der Waals surface area contributed by atoms with E-state index in [1.165, 1.54) is 30.4 Å². The van der Waals surface area contributed by atoms with Gasteiger partial charge in [-0.15, -0.1) is 0 Å². The van der Waals surface area contributed by atoms with Gasteiger partial charge in [0, 0.05) is 0 Å². The Hall–Kier alpha value is -1.30. The summed E-state index contributed by atoms with van der Waals surface area (Å²) in [5.74, 6) is 4.45. The highest BCUT2D eigenvalue weighted by Gasteiger charge is 2.67. The van der Waals surface area contributed by atoms with Crippen molar-refractivity contribution in [2.45, 2.75) is 47.0 Å². The van der Waals surface area contributed by atoms with Gasteiger partial charge < -0.3 is 0 Å². The third-order valence-electron chi connectivity index (χ3n) is 7.89. The Morgan fingerprint density at radius 2 is 1.71 bits per heavy atom. The van der Waals surface area contributed by atoms with E-state index in [4.69, 9.17) is 0 Å². The molecule has 2 fully saturated rings. The molecule has 0 nitrogen and oxygen atoms in total. The number of benzene rings is 1. The van der Waals surface area contributed by atoms with Crippen LogP contribution >= 0.6 is 0 Å². The van der Waals surface area contributed by atoms with E-state index in [0.717, 1.165) is 17.8 Å². The van der Waals surface area contributed by atoms with Crippen LogP contribution in [0.15, 0.2) is 48.6 Å². The maximum absolute atomic E-state index is 4.64. The molecule has 128 valence electrons. The number of fused-ring (bicyclic) bond motifs is 2. The van der Waals surface area contributed by atoms with Crippen LogP contribution in [0.1, 0.15) is 45.2 Å². The second-order valence-corrected chi connectivity index (χ2v) is 9.47. The highest BCUT2D eigenvalue weighted by molar-refractivity contribution is 5.34. The molecule has 5 atom stereocenters. The molecule has 0 heteroatoms. The maximum Gasteiger partial charge on any atom is -0.0107 e. The highest BCUT2D eigenvalue weighted by Crippen LogP contribution is 2.73. The minimum Gasteiger partial charge on any atom is -0.0998 e. The third kappa shape index (κ3) is 2.25. The summed E-state index contributed by atoms with van der Waals surface area (Å²) >= 11 is 0. The van der Waals surface area contributed by atoms with E-state index in [1.54, 1.807) is 11.1 Å². The van der Waals surface area contributed by atoms with Crippen LogP contribution in [0, 0.1) is 40.9 Å². The first kappa shape index (κ1) is 16.2. The van der Waals surface area contributed by atoms with E-state index in [9.17, 15) is 0 Å². The lowest BCUT2D eigenvalue weighted by Gasteiger charge is -2.33. The summed E-state index contributed by atoms with van der Waals surface area (Å²) in [4.78, 5) is 0. The minimum absolute atomic E-state index is 0.535. The first-order valence-electron chi connectivity index (χ1n) is 9.73. The van der Waals surface area contributed by atoms with Crippen molar-refractivity contribution in [2.24, 2.45) is 40.9 Å². The van der Waals surface area contributed by atoms with Gasteiger partial charge in [-0.3, -0.25) is 0 Å². The average Bonchev–Trinajstić information content (AvgIpc) is 2.97. The van der Waals surface area contributed by atoms with Crippen LogP contribution in [0.3, 0.4) is 0 Å². The monoisotopic (exact) mass is 320 g/mol. The van der Waals surface area contributed by atoms with Crippen LogP contribution in [0.5, 0.6) is 0 Å². The van der Waals surface area contributed by atoms with Crippen LogP contribution < -0.4 is 0 Å². The van der Waals surface area contributed by atoms with Gasteiger partial charge in [-0.05, 0) is 78.2 Å². The van der Waals surface area contributed by atoms with Gasteiger partial charge in [0.1, 0.15) is 0 Å². The summed E-state index contributed by atoms with van der Waals surface area (Å²) in [5.41, 5.74) is 6.57. The number of hydrogen-bond donors (Lipinski definition) is 0. The average molecular weight is 321 g/mol. The normalized spacial score (nSPS) is 34.5. The number of hydrogen-bond acceptors (Lipinski definition) is 0. The summed E-state index contributed by atoms with van der Waals surface area (Å²) in [7, 11) is 0. The zero-order valence-electron chi connectivity index (χ0n) is 15.8. The van der Waals surface area contributed by atoms with Gasteiger partial charge in [0.05, 0.1) is 0 Å². The highest BCUT2D eigenvalue weighted by atomic mass is 14.7. The van der Waals surface area contributed by atoms with E-state index in [2.05, 4.69) is 65.1 Å². The number of rotatable bonds is 4. The molecule has 2 saturated carbocycles. The lowest BCUT2D eigenvalue weighted by atomic mass is 9.71. The Balaban J connectivity index is 1.50. The van der Waals surface area contributed by atoms with E-state index in [-0.39, 0.29) is 0 Å². The Bertz CT molecular complexity index is 667. The molecule has 0 saturated heterocycles. The molecule has 1 aromatic carbocycles. The summed E-state index contributed by atoms with van der Waals surface area (Å²) in [5, 5.41) is 0. The van der Waals surface area contributed by atoms with Crippen LogP contribution in [0.4, 0.5) is 0 Å². The molecule has 4 rings (SSSR count). The zero-order chi connectivity index (χ0) is 17.2. The van der Waals surface area contributed by atoms with Gasteiger partial charge in [-0.25, -0.2) is 0 Å². The van der Waals surface area contributed by atoms with Crippen LogP contribution in [-0.2, 0) is 12.8 Å². The third-order valence-corrected chi connectivity index (χ3v) is 7.89. The fraction of sp³-hybridized carbons (Fsp3) is 0.583. The van der Waals surface area contributed by atoms with Crippen molar-refractivity contribution in [1.82, 2.24) is 0 Å². The van der Waals surface area contributed by atoms with Gasteiger partial charge in [0.15, 0.2) is 0 Å². The minimum atomic E-state index is 0.535. The van der Waals surface area contributed by atoms with Crippen molar-refractivity contribution < 1.29 is 0 Å². The molecule has 0 aliphatic heterocycles. The van der Waals surface area contributed by atoms with Gasteiger partial charge >= 0.3 is 0 Å². The van der Waals surface area contributed by atoms with Gasteiger partial charge in [-0.1, -0.05) is 69.3 Å². The predicted octanol–water partition coefficient (Wildman–Crippen LogP) is 6.08. The summed E-state index contributed by atoms with van der Waals surface area (Å²) in [6.07, 6.45) is 3.82. The van der Waals surface area contributed by atoms with Crippen molar-refractivity contribution >= 4 is 0 Å². The topological polar surface area (TPSA) is 0 Å².